The Morgan fingerprint density at radius 2 is 2.16 bits per heavy atom. The molecule has 0 spiro atoms. The summed E-state index contributed by atoms with van der Waals surface area (Å²) in [6.07, 6.45) is 1.78. The molecule has 0 fully saturated rings. The van der Waals surface area contributed by atoms with Crippen LogP contribution in [0.1, 0.15) is 16.1 Å². The van der Waals surface area contributed by atoms with Crippen LogP contribution in [-0.2, 0) is 7.05 Å². The van der Waals surface area contributed by atoms with Crippen molar-refractivity contribution in [3.05, 3.63) is 47.8 Å². The maximum Gasteiger partial charge on any atom is 0.273 e. The number of rotatable bonds is 2. The minimum Gasteiger partial charge on any atom is -0.351 e. The Hall–Kier alpha value is -2.56. The van der Waals surface area contributed by atoms with Gasteiger partial charge in [-0.3, -0.25) is 9.48 Å². The molecule has 0 aliphatic heterocycles. The second-order valence-electron chi connectivity index (χ2n) is 4.60. The first kappa shape index (κ1) is 11.5. The van der Waals surface area contributed by atoms with E-state index < -0.39 is 0 Å². The Morgan fingerprint density at radius 3 is 2.89 bits per heavy atom. The molecule has 96 valence electrons. The predicted octanol–water partition coefficient (Wildman–Crippen LogP) is 2.46. The van der Waals surface area contributed by atoms with E-state index in [0.717, 1.165) is 16.5 Å². The van der Waals surface area contributed by atoms with Crippen molar-refractivity contribution in [1.29, 1.82) is 0 Å². The molecule has 1 aromatic carbocycles. The van der Waals surface area contributed by atoms with Crippen molar-refractivity contribution in [2.24, 2.45) is 7.05 Å². The number of nitrogens with one attached hydrogen (secondary N) is 2. The van der Waals surface area contributed by atoms with Crippen LogP contribution in [0.15, 0.2) is 36.5 Å². The summed E-state index contributed by atoms with van der Waals surface area (Å²) in [5.41, 5.74) is 2.66. The number of H-pyrrole nitrogens is 1. The molecule has 0 atom stereocenters. The third-order valence-electron chi connectivity index (χ3n) is 2.98. The van der Waals surface area contributed by atoms with Gasteiger partial charge in [0.25, 0.3) is 5.91 Å². The molecule has 19 heavy (non-hydrogen) atoms. The number of hydrogen-bond acceptors (Lipinski definition) is 2. The number of aryl methyl sites for hydroxylation is 2. The molecule has 5 heteroatoms. The molecule has 0 aliphatic carbocycles. The lowest BCUT2D eigenvalue weighted by Crippen LogP contribution is -2.12. The summed E-state index contributed by atoms with van der Waals surface area (Å²) >= 11 is 0. The van der Waals surface area contributed by atoms with E-state index in [1.54, 1.807) is 24.0 Å². The number of anilines is 1. The minimum absolute atomic E-state index is 0.187. The summed E-state index contributed by atoms with van der Waals surface area (Å²) in [5.74, 6) is 0.356. The Labute approximate surface area is 110 Å². The van der Waals surface area contributed by atoms with Crippen molar-refractivity contribution in [3.8, 4) is 0 Å². The molecule has 2 heterocycles. The van der Waals surface area contributed by atoms with Crippen molar-refractivity contribution in [1.82, 2.24) is 14.8 Å². The van der Waals surface area contributed by atoms with Gasteiger partial charge in [0.2, 0.25) is 0 Å². The van der Waals surface area contributed by atoms with E-state index in [9.17, 15) is 4.79 Å². The highest BCUT2D eigenvalue weighted by Crippen LogP contribution is 2.17. The van der Waals surface area contributed by atoms with Crippen molar-refractivity contribution >= 4 is 22.6 Å². The molecule has 3 rings (SSSR count). The van der Waals surface area contributed by atoms with E-state index >= 15 is 0 Å². The fraction of sp³-hybridized carbons (Fsp3) is 0.143. The normalized spacial score (nSPS) is 10.8. The lowest BCUT2D eigenvalue weighted by Gasteiger charge is -1.98. The highest BCUT2D eigenvalue weighted by Gasteiger charge is 2.10. The largest absolute Gasteiger partial charge is 0.351 e. The smallest absolute Gasteiger partial charge is 0.273 e. The van der Waals surface area contributed by atoms with Crippen LogP contribution in [-0.4, -0.2) is 20.7 Å². The summed E-state index contributed by atoms with van der Waals surface area (Å²) in [6, 6.07) is 9.64. The van der Waals surface area contributed by atoms with E-state index in [1.165, 1.54) is 0 Å². The van der Waals surface area contributed by atoms with E-state index in [-0.39, 0.29) is 5.91 Å². The highest BCUT2D eigenvalue weighted by atomic mass is 16.2. The van der Waals surface area contributed by atoms with Crippen molar-refractivity contribution < 1.29 is 4.79 Å². The number of nitrogens with zero attached hydrogens (tertiary/aromatic N) is 2. The lowest BCUT2D eigenvalue weighted by molar-refractivity contribution is 0.102. The van der Waals surface area contributed by atoms with Gasteiger partial charge in [0.1, 0.15) is 5.69 Å². The third-order valence-corrected chi connectivity index (χ3v) is 2.98. The monoisotopic (exact) mass is 254 g/mol. The molecular formula is C14H14N4O. The van der Waals surface area contributed by atoms with Gasteiger partial charge in [-0.15, -0.1) is 0 Å². The quantitative estimate of drug-likeness (QED) is 0.738. The zero-order valence-corrected chi connectivity index (χ0v) is 10.8. The van der Waals surface area contributed by atoms with Gasteiger partial charge < -0.3 is 10.3 Å². The first-order valence-corrected chi connectivity index (χ1v) is 6.02. The number of fused-ring (bicyclic) bond motifs is 1. The Morgan fingerprint density at radius 1 is 1.32 bits per heavy atom. The van der Waals surface area contributed by atoms with Crippen LogP contribution in [0, 0.1) is 6.92 Å². The summed E-state index contributed by atoms with van der Waals surface area (Å²) < 4.78 is 1.64. The van der Waals surface area contributed by atoms with Gasteiger partial charge in [0, 0.05) is 30.2 Å². The number of aromatic amines is 1. The average molecular weight is 254 g/mol. The second kappa shape index (κ2) is 4.28. The molecule has 0 unspecified atom stereocenters. The average Bonchev–Trinajstić information content (AvgIpc) is 2.95. The van der Waals surface area contributed by atoms with Gasteiger partial charge in [-0.05, 0) is 24.6 Å². The summed E-state index contributed by atoms with van der Waals surface area (Å²) in [5, 5.41) is 7.89. The standard InChI is InChI=1S/C14H14N4O/c1-9-3-4-10-8-12(15-11(10)7-9)14(19)16-13-5-6-18(2)17-13/h3-8,15H,1-2H3,(H,16,17,19). The molecule has 3 aromatic rings. The Kier molecular flexibility index (Phi) is 2.59. The molecule has 0 bridgehead atoms. The summed E-state index contributed by atoms with van der Waals surface area (Å²) in [7, 11) is 1.81. The molecule has 0 radical (unpaired) electrons. The lowest BCUT2D eigenvalue weighted by atomic mass is 10.2. The Balaban J connectivity index is 1.89. The van der Waals surface area contributed by atoms with Gasteiger partial charge in [-0.1, -0.05) is 12.1 Å². The van der Waals surface area contributed by atoms with Crippen LogP contribution in [0.2, 0.25) is 0 Å². The topological polar surface area (TPSA) is 62.7 Å². The first-order valence-electron chi connectivity index (χ1n) is 6.02. The molecular weight excluding hydrogens is 240 g/mol. The van der Waals surface area contributed by atoms with E-state index in [2.05, 4.69) is 15.4 Å². The van der Waals surface area contributed by atoms with E-state index in [1.807, 2.05) is 31.2 Å². The summed E-state index contributed by atoms with van der Waals surface area (Å²) in [4.78, 5) is 15.2. The molecule has 0 saturated heterocycles. The number of amides is 1. The minimum atomic E-state index is -0.187. The van der Waals surface area contributed by atoms with E-state index in [0.29, 0.717) is 11.5 Å². The molecule has 2 N–H and O–H groups in total. The van der Waals surface area contributed by atoms with Crippen LogP contribution in [0.5, 0.6) is 0 Å². The fourth-order valence-electron chi connectivity index (χ4n) is 2.03. The predicted molar refractivity (Wildman–Crippen MR) is 74.2 cm³/mol. The van der Waals surface area contributed by atoms with Gasteiger partial charge in [-0.25, -0.2) is 0 Å². The SMILES string of the molecule is Cc1ccc2cc(C(=O)Nc3ccn(C)n3)[nH]c2c1. The van der Waals surface area contributed by atoms with Gasteiger partial charge in [0.15, 0.2) is 5.82 Å². The van der Waals surface area contributed by atoms with Crippen LogP contribution >= 0.6 is 0 Å². The highest BCUT2D eigenvalue weighted by molar-refractivity contribution is 6.05. The van der Waals surface area contributed by atoms with Crippen molar-refractivity contribution in [3.63, 3.8) is 0 Å². The maximum atomic E-state index is 12.1. The van der Waals surface area contributed by atoms with Crippen molar-refractivity contribution in [2.75, 3.05) is 5.32 Å². The maximum absolute atomic E-state index is 12.1. The van der Waals surface area contributed by atoms with E-state index in [4.69, 9.17) is 0 Å². The van der Waals surface area contributed by atoms with Gasteiger partial charge >= 0.3 is 0 Å². The van der Waals surface area contributed by atoms with Gasteiger partial charge in [0.05, 0.1) is 0 Å². The molecule has 1 amide bonds. The number of aromatic nitrogens is 3. The molecule has 0 aliphatic rings. The second-order valence-corrected chi connectivity index (χ2v) is 4.60. The number of carbonyl (C=O) groups excluding carboxylic acids is 1. The first-order chi connectivity index (χ1) is 9.11. The fourth-order valence-corrected chi connectivity index (χ4v) is 2.03. The number of carbonyl (C=O) groups is 1. The van der Waals surface area contributed by atoms with Crippen LogP contribution in [0.4, 0.5) is 5.82 Å². The number of hydrogen-bond donors (Lipinski definition) is 2. The Bertz CT molecular complexity index is 754. The summed E-state index contributed by atoms with van der Waals surface area (Å²) in [6.45, 7) is 2.02. The molecule has 0 saturated carbocycles. The van der Waals surface area contributed by atoms with Crippen molar-refractivity contribution in [2.45, 2.75) is 6.92 Å². The zero-order chi connectivity index (χ0) is 13.4. The molecule has 5 nitrogen and oxygen atoms in total. The molecule has 2 aromatic heterocycles. The van der Waals surface area contributed by atoms with Crippen LogP contribution < -0.4 is 5.32 Å². The van der Waals surface area contributed by atoms with Crippen LogP contribution in [0.3, 0.4) is 0 Å². The van der Waals surface area contributed by atoms with Crippen LogP contribution in [0.25, 0.3) is 10.9 Å². The zero-order valence-electron chi connectivity index (χ0n) is 10.8. The third kappa shape index (κ3) is 2.22. The van der Waals surface area contributed by atoms with Gasteiger partial charge in [-0.2, -0.15) is 5.10 Å². The number of benzene rings is 1.